The molecular formula is C15H21O3P. The Morgan fingerprint density at radius 1 is 0.947 bits per heavy atom. The van der Waals surface area contributed by atoms with Crippen molar-refractivity contribution in [2.24, 2.45) is 0 Å². The van der Waals surface area contributed by atoms with Gasteiger partial charge in [0.1, 0.15) is 0 Å². The molecule has 4 heteroatoms. The molecule has 0 heterocycles. The second kappa shape index (κ2) is 5.18. The van der Waals surface area contributed by atoms with Gasteiger partial charge in [0.25, 0.3) is 0 Å². The molecule has 19 heavy (non-hydrogen) atoms. The number of benzene rings is 2. The quantitative estimate of drug-likeness (QED) is 0.852. The van der Waals surface area contributed by atoms with Crippen LogP contribution in [0, 0.1) is 0 Å². The summed E-state index contributed by atoms with van der Waals surface area (Å²) in [7, 11) is -3.77. The third-order valence-corrected chi connectivity index (χ3v) is 6.39. The Morgan fingerprint density at radius 3 is 2.16 bits per heavy atom. The molecule has 0 spiro atoms. The van der Waals surface area contributed by atoms with Crippen LogP contribution in [0.2, 0.25) is 0 Å². The van der Waals surface area contributed by atoms with Crippen LogP contribution in [0.5, 0.6) is 0 Å². The summed E-state index contributed by atoms with van der Waals surface area (Å²) in [5, 5.41) is 2.81. The minimum absolute atomic E-state index is 0.411. The van der Waals surface area contributed by atoms with E-state index in [4.69, 9.17) is 9.05 Å². The van der Waals surface area contributed by atoms with E-state index in [1.807, 2.05) is 56.3 Å². The fourth-order valence-electron chi connectivity index (χ4n) is 2.43. The van der Waals surface area contributed by atoms with Crippen molar-refractivity contribution in [3.8, 4) is 0 Å². The monoisotopic (exact) mass is 280 g/mol. The SMILES string of the molecule is CCOP(C)(O)(OCC)c1cccc2ccccc12. The topological polar surface area (TPSA) is 38.7 Å². The van der Waals surface area contributed by atoms with Crippen LogP contribution in [0.1, 0.15) is 13.8 Å². The molecule has 3 nitrogen and oxygen atoms in total. The summed E-state index contributed by atoms with van der Waals surface area (Å²) in [4.78, 5) is 11.1. The Kier molecular flexibility index (Phi) is 3.93. The number of hydrogen-bond acceptors (Lipinski definition) is 3. The van der Waals surface area contributed by atoms with Crippen molar-refractivity contribution in [2.75, 3.05) is 19.9 Å². The summed E-state index contributed by atoms with van der Waals surface area (Å²) in [5.74, 6) is 0. The Labute approximate surface area is 114 Å². The van der Waals surface area contributed by atoms with E-state index in [9.17, 15) is 4.89 Å². The van der Waals surface area contributed by atoms with Gasteiger partial charge in [-0.3, -0.25) is 0 Å². The first-order chi connectivity index (χ1) is 9.00. The van der Waals surface area contributed by atoms with Crippen molar-refractivity contribution < 1.29 is 13.9 Å². The fourth-order valence-corrected chi connectivity index (χ4v) is 5.18. The molecule has 2 aromatic rings. The van der Waals surface area contributed by atoms with Gasteiger partial charge in [-0.25, -0.2) is 0 Å². The molecule has 2 rings (SSSR count). The molecule has 0 saturated carbocycles. The second-order valence-electron chi connectivity index (χ2n) is 4.64. The molecule has 0 aliphatic heterocycles. The first-order valence-electron chi connectivity index (χ1n) is 6.55. The predicted octanol–water partition coefficient (Wildman–Crippen LogP) is 3.46. The Morgan fingerprint density at radius 2 is 1.53 bits per heavy atom. The summed E-state index contributed by atoms with van der Waals surface area (Å²) in [6.45, 7) is 6.25. The Hall–Kier alpha value is -0.990. The molecule has 0 radical (unpaired) electrons. The summed E-state index contributed by atoms with van der Waals surface area (Å²) >= 11 is 0. The molecular weight excluding hydrogens is 259 g/mol. The van der Waals surface area contributed by atoms with Gasteiger partial charge >= 0.3 is 113 Å². The fraction of sp³-hybridized carbons (Fsp3) is 0.333. The number of fused-ring (bicyclic) bond motifs is 1. The first kappa shape index (κ1) is 14.4. The van der Waals surface area contributed by atoms with Gasteiger partial charge in [0.2, 0.25) is 0 Å². The van der Waals surface area contributed by atoms with E-state index in [-0.39, 0.29) is 0 Å². The standard InChI is InChI=1S/C15H21O3P/c1-4-17-19(3,16,18-5-2)15-12-8-10-13-9-6-7-11-14(13)15/h6-12,16H,4-5H2,1-3H3. The zero-order valence-corrected chi connectivity index (χ0v) is 12.6. The van der Waals surface area contributed by atoms with Crippen LogP contribution < -0.4 is 5.30 Å². The zero-order chi connectivity index (χ0) is 14.0. The molecule has 1 N–H and O–H groups in total. The molecule has 0 saturated heterocycles. The number of hydrogen-bond donors (Lipinski definition) is 1. The summed E-state index contributed by atoms with van der Waals surface area (Å²) in [5.41, 5.74) is 0. The summed E-state index contributed by atoms with van der Waals surface area (Å²) < 4.78 is 11.4. The van der Waals surface area contributed by atoms with Crippen LogP contribution in [0.15, 0.2) is 42.5 Å². The molecule has 0 aromatic heterocycles. The van der Waals surface area contributed by atoms with Gasteiger partial charge in [0, 0.05) is 0 Å². The molecule has 0 unspecified atom stereocenters. The molecule has 2 aromatic carbocycles. The van der Waals surface area contributed by atoms with Gasteiger partial charge in [-0.15, -0.1) is 0 Å². The van der Waals surface area contributed by atoms with Crippen LogP contribution in [-0.4, -0.2) is 24.8 Å². The predicted molar refractivity (Wildman–Crippen MR) is 81.9 cm³/mol. The van der Waals surface area contributed by atoms with E-state index in [1.54, 1.807) is 6.66 Å². The van der Waals surface area contributed by atoms with Crippen molar-refractivity contribution in [1.29, 1.82) is 0 Å². The van der Waals surface area contributed by atoms with E-state index in [0.717, 1.165) is 16.1 Å². The normalized spacial score (nSPS) is 14.2. The van der Waals surface area contributed by atoms with E-state index in [2.05, 4.69) is 0 Å². The minimum atomic E-state index is -3.77. The van der Waals surface area contributed by atoms with E-state index in [1.165, 1.54) is 0 Å². The average molecular weight is 280 g/mol. The second-order valence-corrected chi connectivity index (χ2v) is 8.26. The van der Waals surface area contributed by atoms with Crippen LogP contribution in [0.25, 0.3) is 10.8 Å². The molecule has 0 aliphatic rings. The van der Waals surface area contributed by atoms with E-state index >= 15 is 0 Å². The van der Waals surface area contributed by atoms with E-state index in [0.29, 0.717) is 13.2 Å². The average Bonchev–Trinajstić information content (AvgIpc) is 2.38. The van der Waals surface area contributed by atoms with Crippen LogP contribution in [0.4, 0.5) is 0 Å². The van der Waals surface area contributed by atoms with Gasteiger partial charge in [0.15, 0.2) is 0 Å². The van der Waals surface area contributed by atoms with Gasteiger partial charge in [-0.05, 0) is 0 Å². The molecule has 0 atom stereocenters. The maximum absolute atomic E-state index is 11.1. The molecule has 104 valence electrons. The molecule has 0 amide bonds. The van der Waals surface area contributed by atoms with Gasteiger partial charge in [0.05, 0.1) is 0 Å². The van der Waals surface area contributed by atoms with E-state index < -0.39 is 7.28 Å². The summed E-state index contributed by atoms with van der Waals surface area (Å²) in [6.07, 6.45) is 0. The van der Waals surface area contributed by atoms with Crippen molar-refractivity contribution in [2.45, 2.75) is 13.8 Å². The van der Waals surface area contributed by atoms with Gasteiger partial charge in [-0.1, -0.05) is 0 Å². The van der Waals surface area contributed by atoms with Crippen molar-refractivity contribution in [3.05, 3.63) is 42.5 Å². The zero-order valence-electron chi connectivity index (χ0n) is 11.7. The maximum atomic E-state index is 11.1. The third kappa shape index (κ3) is 2.65. The van der Waals surface area contributed by atoms with Crippen LogP contribution in [-0.2, 0) is 9.05 Å². The van der Waals surface area contributed by atoms with Crippen molar-refractivity contribution >= 4 is 23.4 Å². The first-order valence-corrected chi connectivity index (χ1v) is 9.02. The Balaban J connectivity index is 2.70. The van der Waals surface area contributed by atoms with Gasteiger partial charge < -0.3 is 0 Å². The summed E-state index contributed by atoms with van der Waals surface area (Å²) in [6, 6.07) is 13.8. The number of rotatable bonds is 5. The van der Waals surface area contributed by atoms with Crippen LogP contribution in [0.3, 0.4) is 0 Å². The molecule has 0 aliphatic carbocycles. The molecule has 0 fully saturated rings. The molecule has 0 bridgehead atoms. The van der Waals surface area contributed by atoms with Crippen molar-refractivity contribution in [3.63, 3.8) is 0 Å². The van der Waals surface area contributed by atoms with Crippen LogP contribution >= 0.6 is 7.28 Å². The van der Waals surface area contributed by atoms with Crippen molar-refractivity contribution in [1.82, 2.24) is 0 Å². The third-order valence-electron chi connectivity index (χ3n) is 3.18. The van der Waals surface area contributed by atoms with Gasteiger partial charge in [-0.2, -0.15) is 0 Å². The Bertz CT molecular complexity index is 565.